The minimum absolute atomic E-state index is 0.470. The number of nitrogens with zero attached hydrogens (tertiary/aromatic N) is 2. The predicted molar refractivity (Wildman–Crippen MR) is 73.1 cm³/mol. The van der Waals surface area contributed by atoms with Gasteiger partial charge >= 0.3 is 0 Å². The Balaban J connectivity index is 2.05. The molecule has 2 N–H and O–H groups in total. The summed E-state index contributed by atoms with van der Waals surface area (Å²) in [5, 5.41) is 6.54. The summed E-state index contributed by atoms with van der Waals surface area (Å²) in [4.78, 5) is 8.44. The molecule has 0 radical (unpaired) electrons. The molecule has 1 fully saturated rings. The van der Waals surface area contributed by atoms with Crippen LogP contribution in [0.25, 0.3) is 0 Å². The first kappa shape index (κ1) is 12.9. The monoisotopic (exact) mass is 250 g/mol. The molecule has 0 aromatic carbocycles. The normalized spacial score (nSPS) is 20.3. The van der Waals surface area contributed by atoms with E-state index in [0.717, 1.165) is 30.6 Å². The predicted octanol–water partition coefficient (Wildman–Crippen LogP) is 2.38. The van der Waals surface area contributed by atoms with Crippen LogP contribution in [0.4, 0.5) is 11.6 Å². The van der Waals surface area contributed by atoms with Crippen molar-refractivity contribution in [1.82, 2.24) is 9.97 Å². The quantitative estimate of drug-likeness (QED) is 0.811. The van der Waals surface area contributed by atoms with Crippen LogP contribution in [0.15, 0.2) is 6.33 Å². The summed E-state index contributed by atoms with van der Waals surface area (Å²) < 4.78 is 5.38. The molecule has 1 aromatic rings. The van der Waals surface area contributed by atoms with E-state index in [0.29, 0.717) is 11.2 Å². The summed E-state index contributed by atoms with van der Waals surface area (Å²) in [5.41, 5.74) is 0.470. The van der Waals surface area contributed by atoms with Gasteiger partial charge < -0.3 is 15.4 Å². The van der Waals surface area contributed by atoms with Gasteiger partial charge in [-0.25, -0.2) is 9.97 Å². The van der Waals surface area contributed by atoms with Crippen molar-refractivity contribution in [3.8, 4) is 5.75 Å². The number of hydrogen-bond donors (Lipinski definition) is 2. The first-order valence-electron chi connectivity index (χ1n) is 6.45. The maximum atomic E-state index is 5.38. The number of hydrogen-bond acceptors (Lipinski definition) is 5. The standard InChI is InChI=1S/C13H22N4O/c1-5-14-11-10(18-4)12(17-8-16-11)15-7-9-6-13(9,2)3/h8-9H,5-7H2,1-4H3,(H2,14,15,16,17). The second kappa shape index (κ2) is 5.00. The molecule has 5 nitrogen and oxygen atoms in total. The average Bonchev–Trinajstić information content (AvgIpc) is 2.95. The molecule has 100 valence electrons. The minimum Gasteiger partial charge on any atom is -0.490 e. The van der Waals surface area contributed by atoms with Crippen LogP contribution in [0, 0.1) is 11.3 Å². The Labute approximate surface area is 108 Å². The van der Waals surface area contributed by atoms with Gasteiger partial charge in [0.05, 0.1) is 7.11 Å². The number of aromatic nitrogens is 2. The fourth-order valence-corrected chi connectivity index (χ4v) is 2.13. The van der Waals surface area contributed by atoms with E-state index in [1.165, 1.54) is 6.42 Å². The molecule has 1 aliphatic carbocycles. The van der Waals surface area contributed by atoms with Crippen LogP contribution in [0.1, 0.15) is 27.2 Å². The topological polar surface area (TPSA) is 59.1 Å². The lowest BCUT2D eigenvalue weighted by atomic mass is 10.1. The van der Waals surface area contributed by atoms with Gasteiger partial charge in [0, 0.05) is 13.1 Å². The number of anilines is 2. The summed E-state index contributed by atoms with van der Waals surface area (Å²) >= 11 is 0. The van der Waals surface area contributed by atoms with Crippen molar-refractivity contribution in [2.45, 2.75) is 27.2 Å². The third-order valence-electron chi connectivity index (χ3n) is 3.59. The van der Waals surface area contributed by atoms with Gasteiger partial charge in [0.1, 0.15) is 6.33 Å². The van der Waals surface area contributed by atoms with Crippen molar-refractivity contribution in [3.63, 3.8) is 0 Å². The summed E-state index contributed by atoms with van der Waals surface area (Å²) in [5.74, 6) is 2.93. The van der Waals surface area contributed by atoms with Gasteiger partial charge in [-0.05, 0) is 24.7 Å². The van der Waals surface area contributed by atoms with Gasteiger partial charge in [-0.2, -0.15) is 0 Å². The van der Waals surface area contributed by atoms with Crippen LogP contribution in [-0.2, 0) is 0 Å². The highest BCUT2D eigenvalue weighted by molar-refractivity contribution is 5.63. The molecule has 0 aliphatic heterocycles. The maximum absolute atomic E-state index is 5.38. The van der Waals surface area contributed by atoms with Crippen molar-refractivity contribution in [3.05, 3.63) is 6.33 Å². The van der Waals surface area contributed by atoms with Crippen LogP contribution >= 0.6 is 0 Å². The van der Waals surface area contributed by atoms with E-state index in [1.807, 2.05) is 6.92 Å². The van der Waals surface area contributed by atoms with Gasteiger partial charge in [0.2, 0.25) is 5.75 Å². The zero-order chi connectivity index (χ0) is 13.2. The van der Waals surface area contributed by atoms with E-state index in [4.69, 9.17) is 4.74 Å². The fourth-order valence-electron chi connectivity index (χ4n) is 2.13. The Morgan fingerprint density at radius 2 is 1.94 bits per heavy atom. The SMILES string of the molecule is CCNc1ncnc(NCC2CC2(C)C)c1OC. The molecule has 0 bridgehead atoms. The summed E-state index contributed by atoms with van der Waals surface area (Å²) in [6, 6.07) is 0. The largest absolute Gasteiger partial charge is 0.490 e. The molecule has 1 unspecified atom stereocenters. The average molecular weight is 250 g/mol. The molecule has 2 rings (SSSR count). The van der Waals surface area contributed by atoms with Crippen molar-refractivity contribution in [2.24, 2.45) is 11.3 Å². The van der Waals surface area contributed by atoms with E-state index in [1.54, 1.807) is 13.4 Å². The molecule has 1 saturated carbocycles. The van der Waals surface area contributed by atoms with Gasteiger partial charge in [-0.15, -0.1) is 0 Å². The highest BCUT2D eigenvalue weighted by Crippen LogP contribution is 2.51. The van der Waals surface area contributed by atoms with E-state index in [9.17, 15) is 0 Å². The van der Waals surface area contributed by atoms with Crippen molar-refractivity contribution < 1.29 is 4.74 Å². The molecule has 5 heteroatoms. The van der Waals surface area contributed by atoms with E-state index >= 15 is 0 Å². The van der Waals surface area contributed by atoms with Gasteiger partial charge in [0.25, 0.3) is 0 Å². The highest BCUT2D eigenvalue weighted by atomic mass is 16.5. The molecular formula is C13H22N4O. The number of nitrogens with one attached hydrogen (secondary N) is 2. The second-order valence-electron chi connectivity index (χ2n) is 5.40. The van der Waals surface area contributed by atoms with Crippen LogP contribution in [0.2, 0.25) is 0 Å². The first-order valence-corrected chi connectivity index (χ1v) is 6.45. The Morgan fingerprint density at radius 3 is 2.44 bits per heavy atom. The summed E-state index contributed by atoms with van der Waals surface area (Å²) in [7, 11) is 1.64. The van der Waals surface area contributed by atoms with E-state index in [-0.39, 0.29) is 0 Å². The fraction of sp³-hybridized carbons (Fsp3) is 0.692. The lowest BCUT2D eigenvalue weighted by Crippen LogP contribution is -2.11. The number of rotatable bonds is 6. The van der Waals surface area contributed by atoms with Crippen molar-refractivity contribution in [2.75, 3.05) is 30.8 Å². The Kier molecular flexibility index (Phi) is 3.59. The summed E-state index contributed by atoms with van der Waals surface area (Å²) in [6.45, 7) is 8.36. The van der Waals surface area contributed by atoms with Gasteiger partial charge in [-0.1, -0.05) is 13.8 Å². The molecular weight excluding hydrogens is 228 g/mol. The molecule has 1 atom stereocenters. The highest BCUT2D eigenvalue weighted by Gasteiger charge is 2.45. The van der Waals surface area contributed by atoms with Crippen LogP contribution in [0.5, 0.6) is 5.75 Å². The molecule has 1 aliphatic rings. The number of methoxy groups -OCH3 is 1. The Bertz CT molecular complexity index is 419. The van der Waals surface area contributed by atoms with E-state index in [2.05, 4.69) is 34.4 Å². The third-order valence-corrected chi connectivity index (χ3v) is 3.59. The van der Waals surface area contributed by atoms with Crippen molar-refractivity contribution in [1.29, 1.82) is 0 Å². The summed E-state index contributed by atoms with van der Waals surface area (Å²) in [6.07, 6.45) is 2.83. The molecule has 1 aromatic heterocycles. The van der Waals surface area contributed by atoms with E-state index < -0.39 is 0 Å². The minimum atomic E-state index is 0.470. The van der Waals surface area contributed by atoms with Gasteiger partial charge in [-0.3, -0.25) is 0 Å². The van der Waals surface area contributed by atoms with Gasteiger partial charge in [0.15, 0.2) is 11.6 Å². The lowest BCUT2D eigenvalue weighted by Gasteiger charge is -2.13. The lowest BCUT2D eigenvalue weighted by molar-refractivity contribution is 0.414. The molecule has 0 saturated heterocycles. The smallest absolute Gasteiger partial charge is 0.204 e. The molecule has 1 heterocycles. The Morgan fingerprint density at radius 1 is 1.33 bits per heavy atom. The zero-order valence-electron chi connectivity index (χ0n) is 11.6. The van der Waals surface area contributed by atoms with Crippen LogP contribution in [-0.4, -0.2) is 30.2 Å². The molecule has 0 spiro atoms. The first-order chi connectivity index (χ1) is 8.58. The van der Waals surface area contributed by atoms with Crippen molar-refractivity contribution >= 4 is 11.6 Å². The third kappa shape index (κ3) is 2.66. The zero-order valence-corrected chi connectivity index (χ0v) is 11.6. The Hall–Kier alpha value is -1.52. The number of ether oxygens (including phenoxy) is 1. The molecule has 0 amide bonds. The van der Waals surface area contributed by atoms with Crippen LogP contribution in [0.3, 0.4) is 0 Å². The maximum Gasteiger partial charge on any atom is 0.204 e. The molecule has 18 heavy (non-hydrogen) atoms. The van der Waals surface area contributed by atoms with Crippen LogP contribution < -0.4 is 15.4 Å². The second-order valence-corrected chi connectivity index (χ2v) is 5.40.